The number of rotatable bonds is 4. The minimum absolute atomic E-state index is 0.292. The molecule has 3 N–H and O–H groups in total. The number of hydrogen-bond donors (Lipinski definition) is 2. The molecule has 2 saturated carbocycles. The molecule has 0 radical (unpaired) electrons. The number of fused-ring (bicyclic) bond motifs is 1. The second-order valence-electron chi connectivity index (χ2n) is 4.94. The molecule has 4 nitrogen and oxygen atoms in total. The van der Waals surface area contributed by atoms with E-state index in [1.807, 2.05) is 6.92 Å². The number of sulfonamides is 1. The summed E-state index contributed by atoms with van der Waals surface area (Å²) in [6.07, 6.45) is 3.17. The van der Waals surface area contributed by atoms with Gasteiger partial charge in [0.2, 0.25) is 10.0 Å². The van der Waals surface area contributed by atoms with Gasteiger partial charge >= 0.3 is 0 Å². The first-order valence-electron chi connectivity index (χ1n) is 5.74. The highest BCUT2D eigenvalue weighted by molar-refractivity contribution is 7.89. The van der Waals surface area contributed by atoms with Crippen molar-refractivity contribution in [3.8, 4) is 0 Å². The predicted octanol–water partition coefficient (Wildman–Crippen LogP) is 0.299. The molecule has 0 saturated heterocycles. The number of nitrogens with one attached hydrogen (secondary N) is 1. The first-order valence-corrected chi connectivity index (χ1v) is 7.40. The lowest BCUT2D eigenvalue weighted by Crippen LogP contribution is -2.44. The monoisotopic (exact) mass is 232 g/mol. The molecule has 4 unspecified atom stereocenters. The van der Waals surface area contributed by atoms with Gasteiger partial charge in [-0.25, -0.2) is 13.1 Å². The van der Waals surface area contributed by atoms with Crippen LogP contribution >= 0.6 is 0 Å². The first kappa shape index (κ1) is 11.4. The van der Waals surface area contributed by atoms with E-state index >= 15 is 0 Å². The summed E-state index contributed by atoms with van der Waals surface area (Å²) in [6, 6.07) is 0.335. The Balaban J connectivity index is 1.87. The van der Waals surface area contributed by atoms with Crippen molar-refractivity contribution in [2.45, 2.75) is 32.2 Å². The molecule has 0 bridgehead atoms. The van der Waals surface area contributed by atoms with Crippen molar-refractivity contribution < 1.29 is 8.42 Å². The third-order valence-corrected chi connectivity index (χ3v) is 5.43. The van der Waals surface area contributed by atoms with E-state index in [2.05, 4.69) is 4.72 Å². The molecule has 0 aromatic rings. The van der Waals surface area contributed by atoms with Gasteiger partial charge in [0, 0.05) is 12.6 Å². The summed E-state index contributed by atoms with van der Waals surface area (Å²) in [5.41, 5.74) is 5.88. The van der Waals surface area contributed by atoms with Gasteiger partial charge < -0.3 is 5.73 Å². The summed E-state index contributed by atoms with van der Waals surface area (Å²) in [5, 5.41) is 0. The van der Waals surface area contributed by atoms with Crippen LogP contribution in [0.25, 0.3) is 0 Å². The van der Waals surface area contributed by atoms with Crippen molar-refractivity contribution in [1.82, 2.24) is 4.72 Å². The summed E-state index contributed by atoms with van der Waals surface area (Å²) in [5.74, 6) is 1.94. The van der Waals surface area contributed by atoms with Gasteiger partial charge in [0.25, 0.3) is 0 Å². The maximum absolute atomic E-state index is 11.6. The molecule has 88 valence electrons. The highest BCUT2D eigenvalue weighted by Crippen LogP contribution is 2.48. The molecule has 2 fully saturated rings. The molecule has 0 aliphatic heterocycles. The van der Waals surface area contributed by atoms with E-state index in [9.17, 15) is 8.42 Å². The van der Waals surface area contributed by atoms with Gasteiger partial charge in [-0.2, -0.15) is 0 Å². The van der Waals surface area contributed by atoms with Crippen LogP contribution in [0.1, 0.15) is 26.2 Å². The van der Waals surface area contributed by atoms with Crippen molar-refractivity contribution in [3.63, 3.8) is 0 Å². The first-order chi connectivity index (χ1) is 7.02. The highest BCUT2D eigenvalue weighted by atomic mass is 32.2. The van der Waals surface area contributed by atoms with Gasteiger partial charge in [-0.05, 0) is 37.0 Å². The van der Waals surface area contributed by atoms with Crippen molar-refractivity contribution in [2.75, 3.05) is 12.3 Å². The van der Waals surface area contributed by atoms with Crippen molar-refractivity contribution in [1.29, 1.82) is 0 Å². The summed E-state index contributed by atoms with van der Waals surface area (Å²) >= 11 is 0. The average molecular weight is 232 g/mol. The van der Waals surface area contributed by atoms with Gasteiger partial charge in [0.1, 0.15) is 0 Å². The molecule has 0 heterocycles. The number of hydrogen-bond acceptors (Lipinski definition) is 3. The summed E-state index contributed by atoms with van der Waals surface area (Å²) in [7, 11) is -3.04. The van der Waals surface area contributed by atoms with Gasteiger partial charge in [0.05, 0.1) is 5.75 Å². The minimum atomic E-state index is -3.04. The zero-order chi connectivity index (χ0) is 11.1. The molecule has 0 spiro atoms. The molecule has 0 aromatic carbocycles. The molecular weight excluding hydrogens is 212 g/mol. The fraction of sp³-hybridized carbons (Fsp3) is 1.00. The molecule has 0 amide bonds. The largest absolute Gasteiger partial charge is 0.327 e. The normalized spacial score (nSPS) is 39.9. The van der Waals surface area contributed by atoms with Crippen molar-refractivity contribution >= 4 is 10.0 Å². The third kappa shape index (κ3) is 2.34. The molecule has 0 aromatic heterocycles. The molecule has 2 aliphatic rings. The summed E-state index contributed by atoms with van der Waals surface area (Å²) < 4.78 is 25.7. The second-order valence-corrected chi connectivity index (χ2v) is 6.79. The quantitative estimate of drug-likeness (QED) is 0.732. The van der Waals surface area contributed by atoms with Crippen LogP contribution in [0.2, 0.25) is 0 Å². The lowest BCUT2D eigenvalue weighted by molar-refractivity contribution is 0.173. The van der Waals surface area contributed by atoms with Crippen LogP contribution < -0.4 is 10.5 Å². The third-order valence-electron chi connectivity index (χ3n) is 3.79. The van der Waals surface area contributed by atoms with Crippen LogP contribution in [-0.2, 0) is 10.0 Å². The van der Waals surface area contributed by atoms with Gasteiger partial charge in [0.15, 0.2) is 0 Å². The Labute approximate surface area is 91.7 Å². The van der Waals surface area contributed by atoms with Crippen molar-refractivity contribution in [3.05, 3.63) is 0 Å². The van der Waals surface area contributed by atoms with E-state index < -0.39 is 10.0 Å². The maximum Gasteiger partial charge on any atom is 0.211 e. The minimum Gasteiger partial charge on any atom is -0.327 e. The zero-order valence-electron chi connectivity index (χ0n) is 9.15. The Bertz CT molecular complexity index is 328. The van der Waals surface area contributed by atoms with Crippen LogP contribution in [0.15, 0.2) is 0 Å². The topological polar surface area (TPSA) is 72.2 Å². The Hall–Kier alpha value is -0.130. The Morgan fingerprint density at radius 1 is 1.33 bits per heavy atom. The molecule has 2 rings (SSSR count). The predicted molar refractivity (Wildman–Crippen MR) is 59.8 cm³/mol. The van der Waals surface area contributed by atoms with E-state index in [4.69, 9.17) is 5.73 Å². The maximum atomic E-state index is 11.6. The highest BCUT2D eigenvalue weighted by Gasteiger charge is 2.46. The van der Waals surface area contributed by atoms with E-state index in [1.54, 1.807) is 0 Å². The lowest BCUT2D eigenvalue weighted by atomic mass is 9.72. The average Bonchev–Trinajstić information content (AvgIpc) is 2.42. The van der Waals surface area contributed by atoms with Crippen LogP contribution in [-0.4, -0.2) is 26.8 Å². The second kappa shape index (κ2) is 4.03. The Morgan fingerprint density at radius 2 is 2.07 bits per heavy atom. The smallest absolute Gasteiger partial charge is 0.211 e. The van der Waals surface area contributed by atoms with Gasteiger partial charge in [-0.1, -0.05) is 6.92 Å². The SMILES string of the molecule is CCNS(=O)(=O)CC1CC2CC(N)C2C1. The van der Waals surface area contributed by atoms with Crippen LogP contribution in [0, 0.1) is 17.8 Å². The molecular formula is C10H20N2O2S. The summed E-state index contributed by atoms with van der Waals surface area (Å²) in [6.45, 7) is 2.30. The van der Waals surface area contributed by atoms with E-state index in [-0.39, 0.29) is 0 Å². The number of nitrogens with two attached hydrogens (primary N) is 1. The van der Waals surface area contributed by atoms with Crippen molar-refractivity contribution in [2.24, 2.45) is 23.5 Å². The lowest BCUT2D eigenvalue weighted by Gasteiger charge is -2.37. The standard InChI is InChI=1S/C10H20N2O2S/c1-2-12-15(13,14)6-7-3-8-5-10(11)9(8)4-7/h7-10,12H,2-6,11H2,1H3. The van der Waals surface area contributed by atoms with E-state index in [1.165, 1.54) is 0 Å². The van der Waals surface area contributed by atoms with Gasteiger partial charge in [-0.3, -0.25) is 0 Å². The molecule has 4 atom stereocenters. The van der Waals surface area contributed by atoms with Crippen LogP contribution in [0.5, 0.6) is 0 Å². The fourth-order valence-electron chi connectivity index (χ4n) is 3.13. The van der Waals surface area contributed by atoms with Gasteiger partial charge in [-0.15, -0.1) is 0 Å². The van der Waals surface area contributed by atoms with Crippen LogP contribution in [0.4, 0.5) is 0 Å². The summed E-state index contributed by atoms with van der Waals surface area (Å²) in [4.78, 5) is 0. The molecule has 5 heteroatoms. The molecule has 15 heavy (non-hydrogen) atoms. The van der Waals surface area contributed by atoms with E-state index in [0.717, 1.165) is 19.3 Å². The Kier molecular flexibility index (Phi) is 3.05. The Morgan fingerprint density at radius 3 is 2.60 bits per heavy atom. The van der Waals surface area contributed by atoms with Crippen LogP contribution in [0.3, 0.4) is 0 Å². The van der Waals surface area contributed by atoms with E-state index in [0.29, 0.717) is 36.1 Å². The zero-order valence-corrected chi connectivity index (χ0v) is 9.96. The molecule has 2 aliphatic carbocycles. The fourth-order valence-corrected chi connectivity index (χ4v) is 4.58.